The van der Waals surface area contributed by atoms with Crippen LogP contribution in [0.1, 0.15) is 13.3 Å². The minimum Gasteiger partial charge on any atom is -0.468 e. The molecule has 0 saturated carbocycles. The molecule has 0 aliphatic carbocycles. The van der Waals surface area contributed by atoms with Crippen molar-refractivity contribution in [2.75, 3.05) is 7.11 Å². The number of hydrogen-bond acceptors (Lipinski definition) is 6. The van der Waals surface area contributed by atoms with Crippen LogP contribution in [0, 0.1) is 0 Å². The Bertz CT molecular complexity index is 819. The van der Waals surface area contributed by atoms with E-state index >= 15 is 0 Å². The van der Waals surface area contributed by atoms with Crippen molar-refractivity contribution in [3.8, 4) is 11.4 Å². The molecule has 0 aliphatic heterocycles. The molecule has 3 aromatic rings. The van der Waals surface area contributed by atoms with Crippen molar-refractivity contribution >= 4 is 23.4 Å². The lowest BCUT2D eigenvalue weighted by Gasteiger charge is -2.11. The number of thioether (sulfide) groups is 1. The number of carbonyl (C=O) groups is 1. The Morgan fingerprint density at radius 1 is 1.22 bits per heavy atom. The second kappa shape index (κ2) is 6.78. The van der Waals surface area contributed by atoms with Gasteiger partial charge < -0.3 is 4.74 Å². The van der Waals surface area contributed by atoms with Gasteiger partial charge >= 0.3 is 5.97 Å². The van der Waals surface area contributed by atoms with Crippen LogP contribution in [-0.4, -0.2) is 38.1 Å². The van der Waals surface area contributed by atoms with E-state index in [1.807, 2.05) is 49.4 Å². The van der Waals surface area contributed by atoms with Gasteiger partial charge in [0.1, 0.15) is 10.3 Å². The van der Waals surface area contributed by atoms with Crippen LogP contribution in [0.5, 0.6) is 0 Å². The molecule has 0 saturated heterocycles. The van der Waals surface area contributed by atoms with Gasteiger partial charge in [0.15, 0.2) is 11.5 Å². The Morgan fingerprint density at radius 2 is 2.00 bits per heavy atom. The van der Waals surface area contributed by atoms with Gasteiger partial charge in [0.2, 0.25) is 0 Å². The second-order valence-corrected chi connectivity index (χ2v) is 6.09. The Labute approximate surface area is 137 Å². The first-order chi connectivity index (χ1) is 11.2. The number of rotatable bonds is 5. The third-order valence-corrected chi connectivity index (χ3v) is 4.64. The van der Waals surface area contributed by atoms with Gasteiger partial charge in [-0.25, -0.2) is 0 Å². The standard InChI is InChI=1S/C16H16N4O2S/c1-3-12(16(21)22-2)23-14-10-9-13-17-18-15(20(13)19-14)11-7-5-4-6-8-11/h4-10,12H,3H2,1-2H3/t12-/m0/s1. The Kier molecular flexibility index (Phi) is 4.57. The van der Waals surface area contributed by atoms with Gasteiger partial charge in [-0.2, -0.15) is 9.61 Å². The minimum atomic E-state index is -0.276. The average Bonchev–Trinajstić information content (AvgIpc) is 3.03. The van der Waals surface area contributed by atoms with Gasteiger partial charge in [-0.15, -0.1) is 10.2 Å². The molecule has 0 aliphatic rings. The van der Waals surface area contributed by atoms with Crippen LogP contribution in [-0.2, 0) is 9.53 Å². The molecule has 0 bridgehead atoms. The van der Waals surface area contributed by atoms with Crippen molar-refractivity contribution in [2.24, 2.45) is 0 Å². The van der Waals surface area contributed by atoms with E-state index in [2.05, 4.69) is 15.3 Å². The number of benzene rings is 1. The van der Waals surface area contributed by atoms with E-state index in [-0.39, 0.29) is 11.2 Å². The summed E-state index contributed by atoms with van der Waals surface area (Å²) in [6.07, 6.45) is 0.671. The van der Waals surface area contributed by atoms with Crippen molar-refractivity contribution < 1.29 is 9.53 Å². The molecule has 1 aromatic carbocycles. The summed E-state index contributed by atoms with van der Waals surface area (Å²) in [5, 5.41) is 13.4. The highest BCUT2D eigenvalue weighted by molar-refractivity contribution is 8.00. The van der Waals surface area contributed by atoms with Crippen molar-refractivity contribution in [1.29, 1.82) is 0 Å². The predicted molar refractivity (Wildman–Crippen MR) is 88.2 cm³/mol. The third-order valence-electron chi connectivity index (χ3n) is 3.37. The van der Waals surface area contributed by atoms with Crippen LogP contribution in [0.2, 0.25) is 0 Å². The summed E-state index contributed by atoms with van der Waals surface area (Å²) in [6.45, 7) is 1.95. The molecule has 23 heavy (non-hydrogen) atoms. The minimum absolute atomic E-state index is 0.244. The maximum absolute atomic E-state index is 11.7. The van der Waals surface area contributed by atoms with Crippen LogP contribution in [0.3, 0.4) is 0 Å². The Hall–Kier alpha value is -2.41. The molecule has 7 heteroatoms. The fourth-order valence-electron chi connectivity index (χ4n) is 2.18. The molecule has 0 radical (unpaired) electrons. The van der Waals surface area contributed by atoms with E-state index < -0.39 is 0 Å². The summed E-state index contributed by atoms with van der Waals surface area (Å²) in [5.74, 6) is 0.431. The van der Waals surface area contributed by atoms with Crippen molar-refractivity contribution in [3.05, 3.63) is 42.5 Å². The number of ether oxygens (including phenoxy) is 1. The lowest BCUT2D eigenvalue weighted by Crippen LogP contribution is -2.18. The van der Waals surface area contributed by atoms with E-state index in [1.165, 1.54) is 18.9 Å². The van der Waals surface area contributed by atoms with Crippen LogP contribution < -0.4 is 0 Å². The fraction of sp³-hybridized carbons (Fsp3) is 0.250. The van der Waals surface area contributed by atoms with E-state index in [4.69, 9.17) is 4.74 Å². The number of fused-ring (bicyclic) bond motifs is 1. The molecule has 0 spiro atoms. The molecule has 6 nitrogen and oxygen atoms in total. The summed E-state index contributed by atoms with van der Waals surface area (Å²) < 4.78 is 6.52. The van der Waals surface area contributed by atoms with Crippen LogP contribution >= 0.6 is 11.8 Å². The van der Waals surface area contributed by atoms with Gasteiger partial charge in [-0.3, -0.25) is 4.79 Å². The summed E-state index contributed by atoms with van der Waals surface area (Å²) >= 11 is 1.38. The molecule has 2 heterocycles. The summed E-state index contributed by atoms with van der Waals surface area (Å²) in [7, 11) is 1.40. The molecule has 1 atom stereocenters. The van der Waals surface area contributed by atoms with Gasteiger partial charge in [-0.05, 0) is 18.6 Å². The average molecular weight is 328 g/mol. The fourth-order valence-corrected chi connectivity index (χ4v) is 3.10. The smallest absolute Gasteiger partial charge is 0.319 e. The largest absolute Gasteiger partial charge is 0.468 e. The summed E-state index contributed by atoms with van der Waals surface area (Å²) in [4.78, 5) is 11.7. The van der Waals surface area contributed by atoms with Crippen molar-refractivity contribution in [2.45, 2.75) is 23.6 Å². The third kappa shape index (κ3) is 3.19. The lowest BCUT2D eigenvalue weighted by molar-refractivity contribution is -0.140. The number of aromatic nitrogens is 4. The number of esters is 1. The molecular weight excluding hydrogens is 312 g/mol. The molecule has 0 unspecified atom stereocenters. The molecule has 0 N–H and O–H groups in total. The number of nitrogens with zero attached hydrogens (tertiary/aromatic N) is 4. The van der Waals surface area contributed by atoms with E-state index in [9.17, 15) is 4.79 Å². The monoisotopic (exact) mass is 328 g/mol. The second-order valence-electron chi connectivity index (χ2n) is 4.87. The molecule has 3 rings (SSSR count). The predicted octanol–water partition coefficient (Wildman–Crippen LogP) is 2.84. The zero-order valence-electron chi connectivity index (χ0n) is 12.8. The van der Waals surface area contributed by atoms with Crippen LogP contribution in [0.15, 0.2) is 47.5 Å². The van der Waals surface area contributed by atoms with E-state index in [0.717, 1.165) is 10.6 Å². The molecule has 2 aromatic heterocycles. The molecule has 0 fully saturated rings. The number of methoxy groups -OCH3 is 1. The first-order valence-electron chi connectivity index (χ1n) is 7.25. The van der Waals surface area contributed by atoms with Gasteiger partial charge in [0.25, 0.3) is 0 Å². The van der Waals surface area contributed by atoms with Crippen molar-refractivity contribution in [1.82, 2.24) is 19.8 Å². The summed E-state index contributed by atoms with van der Waals surface area (Å²) in [5.41, 5.74) is 1.61. The van der Waals surface area contributed by atoms with Gasteiger partial charge in [0.05, 0.1) is 7.11 Å². The normalized spacial score (nSPS) is 12.3. The quantitative estimate of drug-likeness (QED) is 0.530. The maximum Gasteiger partial charge on any atom is 0.319 e. The highest BCUT2D eigenvalue weighted by Gasteiger charge is 2.20. The Balaban J connectivity index is 1.96. The topological polar surface area (TPSA) is 69.4 Å². The molecule has 118 valence electrons. The SMILES string of the molecule is CC[C@H](Sc1ccc2nnc(-c3ccccc3)n2n1)C(=O)OC. The number of carbonyl (C=O) groups excluding carboxylic acids is 1. The van der Waals surface area contributed by atoms with E-state index in [0.29, 0.717) is 17.9 Å². The van der Waals surface area contributed by atoms with E-state index in [1.54, 1.807) is 4.52 Å². The highest BCUT2D eigenvalue weighted by atomic mass is 32.2. The zero-order chi connectivity index (χ0) is 16.2. The zero-order valence-corrected chi connectivity index (χ0v) is 13.7. The Morgan fingerprint density at radius 3 is 2.70 bits per heavy atom. The first kappa shape index (κ1) is 15.5. The highest BCUT2D eigenvalue weighted by Crippen LogP contribution is 2.25. The molecule has 0 amide bonds. The van der Waals surface area contributed by atoms with Crippen molar-refractivity contribution in [3.63, 3.8) is 0 Å². The molecular formula is C16H16N4O2S. The first-order valence-corrected chi connectivity index (χ1v) is 8.13. The van der Waals surface area contributed by atoms with Crippen LogP contribution in [0.25, 0.3) is 17.0 Å². The van der Waals surface area contributed by atoms with Gasteiger partial charge in [0, 0.05) is 5.56 Å². The van der Waals surface area contributed by atoms with Gasteiger partial charge in [-0.1, -0.05) is 49.0 Å². The summed E-state index contributed by atoms with van der Waals surface area (Å²) in [6, 6.07) is 13.4. The van der Waals surface area contributed by atoms with Crippen LogP contribution in [0.4, 0.5) is 0 Å². The maximum atomic E-state index is 11.7. The number of hydrogen-bond donors (Lipinski definition) is 0. The lowest BCUT2D eigenvalue weighted by atomic mass is 10.2.